The van der Waals surface area contributed by atoms with Crippen LogP contribution in [0.15, 0.2) is 12.1 Å². The van der Waals surface area contributed by atoms with E-state index in [9.17, 15) is 4.79 Å². The van der Waals surface area contributed by atoms with E-state index in [-0.39, 0.29) is 12.3 Å². The fourth-order valence-electron chi connectivity index (χ4n) is 1.24. The normalized spacial score (nSPS) is 10.0. The van der Waals surface area contributed by atoms with Crippen LogP contribution in [0.25, 0.3) is 0 Å². The number of nitrogens with two attached hydrogens (primary N) is 1. The molecule has 4 heteroatoms. The van der Waals surface area contributed by atoms with Gasteiger partial charge in [-0.2, -0.15) is 0 Å². The van der Waals surface area contributed by atoms with Gasteiger partial charge in [-0.25, -0.2) is 0 Å². The molecule has 1 aromatic rings. The van der Waals surface area contributed by atoms with Gasteiger partial charge in [0.25, 0.3) is 0 Å². The molecule has 76 valence electrons. The van der Waals surface area contributed by atoms with Crippen LogP contribution in [0.4, 0.5) is 0 Å². The van der Waals surface area contributed by atoms with Crippen LogP contribution in [-0.2, 0) is 0 Å². The third-order valence-electron chi connectivity index (χ3n) is 1.88. The minimum atomic E-state index is -0.216. The highest BCUT2D eigenvalue weighted by molar-refractivity contribution is 6.34. The quantitative estimate of drug-likeness (QED) is 0.779. The molecule has 1 rings (SSSR count). The maximum atomic E-state index is 11.4. The van der Waals surface area contributed by atoms with E-state index in [0.717, 1.165) is 5.56 Å². The van der Waals surface area contributed by atoms with Crippen LogP contribution < -0.4 is 10.5 Å². The third-order valence-corrected chi connectivity index (χ3v) is 2.18. The van der Waals surface area contributed by atoms with Crippen molar-refractivity contribution in [1.29, 1.82) is 0 Å². The fraction of sp³-hybridized carbons (Fsp3) is 0.300. The van der Waals surface area contributed by atoms with Gasteiger partial charge in [0.2, 0.25) is 0 Å². The summed E-state index contributed by atoms with van der Waals surface area (Å²) in [6.45, 7) is 1.81. The molecule has 0 fully saturated rings. The van der Waals surface area contributed by atoms with Crippen molar-refractivity contribution in [3.05, 3.63) is 28.3 Å². The van der Waals surface area contributed by atoms with Crippen LogP contribution >= 0.6 is 11.6 Å². The van der Waals surface area contributed by atoms with Gasteiger partial charge in [-0.15, -0.1) is 0 Å². The molecule has 0 heterocycles. The molecule has 0 aromatic heterocycles. The number of methoxy groups -OCH3 is 1. The lowest BCUT2D eigenvalue weighted by atomic mass is 10.1. The van der Waals surface area contributed by atoms with Gasteiger partial charge in [0, 0.05) is 0 Å². The van der Waals surface area contributed by atoms with E-state index in [1.165, 1.54) is 7.11 Å². The molecule has 1 aromatic carbocycles. The summed E-state index contributed by atoms with van der Waals surface area (Å²) in [6, 6.07) is 3.47. The Morgan fingerprint density at radius 1 is 1.57 bits per heavy atom. The number of hydrogen-bond acceptors (Lipinski definition) is 3. The van der Waals surface area contributed by atoms with E-state index in [4.69, 9.17) is 22.1 Å². The number of carbonyl (C=O) groups excluding carboxylic acids is 1. The second-order valence-electron chi connectivity index (χ2n) is 2.95. The van der Waals surface area contributed by atoms with Crippen molar-refractivity contribution in [1.82, 2.24) is 0 Å². The van der Waals surface area contributed by atoms with E-state index in [2.05, 4.69) is 0 Å². The summed E-state index contributed by atoms with van der Waals surface area (Å²) in [6.07, 6.45) is 0. The van der Waals surface area contributed by atoms with Crippen molar-refractivity contribution in [2.45, 2.75) is 6.92 Å². The standard InChI is InChI=1S/C10H12ClNO2/c1-6-3-7(11)10(8(13)5-12)9(4-6)14-2/h3-4H,5,12H2,1-2H3. The Morgan fingerprint density at radius 2 is 2.21 bits per heavy atom. The molecular weight excluding hydrogens is 202 g/mol. The number of ether oxygens (including phenoxy) is 1. The summed E-state index contributed by atoms with van der Waals surface area (Å²) in [5.74, 6) is 0.261. The zero-order chi connectivity index (χ0) is 10.7. The highest BCUT2D eigenvalue weighted by atomic mass is 35.5. The predicted octanol–water partition coefficient (Wildman–Crippen LogP) is 1.80. The SMILES string of the molecule is COc1cc(C)cc(Cl)c1C(=O)CN. The van der Waals surface area contributed by atoms with Gasteiger partial charge in [0.15, 0.2) is 5.78 Å². The van der Waals surface area contributed by atoms with Gasteiger partial charge in [-0.1, -0.05) is 11.6 Å². The van der Waals surface area contributed by atoms with Crippen LogP contribution in [0.1, 0.15) is 15.9 Å². The number of ketones is 1. The molecule has 0 aliphatic heterocycles. The first-order chi connectivity index (χ1) is 6.60. The molecule has 0 radical (unpaired) electrons. The Labute approximate surface area is 87.8 Å². The van der Waals surface area contributed by atoms with Crippen LogP contribution in [0.5, 0.6) is 5.75 Å². The summed E-state index contributed by atoms with van der Waals surface area (Å²) in [5.41, 5.74) is 6.58. The van der Waals surface area contributed by atoms with Gasteiger partial charge in [-0.05, 0) is 24.6 Å². The van der Waals surface area contributed by atoms with E-state index >= 15 is 0 Å². The maximum absolute atomic E-state index is 11.4. The molecule has 0 aliphatic rings. The number of hydrogen-bond donors (Lipinski definition) is 1. The molecule has 0 saturated carbocycles. The lowest BCUT2D eigenvalue weighted by Gasteiger charge is -2.09. The number of Topliss-reactive ketones (excluding diaryl/α,β-unsaturated/α-hetero) is 1. The summed E-state index contributed by atoms with van der Waals surface area (Å²) >= 11 is 5.93. The van der Waals surface area contributed by atoms with Crippen LogP contribution in [-0.4, -0.2) is 19.4 Å². The van der Waals surface area contributed by atoms with E-state index in [0.29, 0.717) is 16.3 Å². The molecule has 0 spiro atoms. The topological polar surface area (TPSA) is 52.3 Å². The molecule has 0 atom stereocenters. The van der Waals surface area contributed by atoms with Crippen molar-refractivity contribution in [3.8, 4) is 5.75 Å². The van der Waals surface area contributed by atoms with E-state index in [1.54, 1.807) is 12.1 Å². The highest BCUT2D eigenvalue weighted by Crippen LogP contribution is 2.28. The van der Waals surface area contributed by atoms with Crippen LogP contribution in [0.3, 0.4) is 0 Å². The molecule has 3 nitrogen and oxygen atoms in total. The number of carbonyl (C=O) groups is 1. The predicted molar refractivity (Wildman–Crippen MR) is 56.1 cm³/mol. The number of halogens is 1. The second kappa shape index (κ2) is 4.44. The molecule has 0 amide bonds. The Bertz CT molecular complexity index is 363. The van der Waals surface area contributed by atoms with Gasteiger partial charge in [-0.3, -0.25) is 4.79 Å². The Morgan fingerprint density at radius 3 is 2.71 bits per heavy atom. The Hall–Kier alpha value is -1.06. The summed E-state index contributed by atoms with van der Waals surface area (Å²) in [5, 5.41) is 0.386. The molecule has 0 saturated heterocycles. The first kappa shape index (κ1) is 11.0. The van der Waals surface area contributed by atoms with Gasteiger partial charge in [0.1, 0.15) is 5.75 Å². The number of rotatable bonds is 3. The zero-order valence-electron chi connectivity index (χ0n) is 8.13. The minimum Gasteiger partial charge on any atom is -0.496 e. The number of benzene rings is 1. The smallest absolute Gasteiger partial charge is 0.181 e. The van der Waals surface area contributed by atoms with Crippen molar-refractivity contribution >= 4 is 17.4 Å². The van der Waals surface area contributed by atoms with Gasteiger partial charge in [0.05, 0.1) is 24.2 Å². The van der Waals surface area contributed by atoms with E-state index in [1.807, 2.05) is 6.92 Å². The maximum Gasteiger partial charge on any atom is 0.181 e. The molecule has 14 heavy (non-hydrogen) atoms. The van der Waals surface area contributed by atoms with Crippen molar-refractivity contribution in [2.75, 3.05) is 13.7 Å². The lowest BCUT2D eigenvalue weighted by molar-refractivity contribution is 0.0998. The van der Waals surface area contributed by atoms with Crippen LogP contribution in [0, 0.1) is 6.92 Å². The minimum absolute atomic E-state index is 0.0703. The molecular formula is C10H12ClNO2. The first-order valence-corrected chi connectivity index (χ1v) is 4.55. The second-order valence-corrected chi connectivity index (χ2v) is 3.36. The average Bonchev–Trinajstić information content (AvgIpc) is 2.15. The van der Waals surface area contributed by atoms with Gasteiger partial charge >= 0.3 is 0 Å². The third kappa shape index (κ3) is 2.05. The van der Waals surface area contributed by atoms with Crippen molar-refractivity contribution in [3.63, 3.8) is 0 Å². The zero-order valence-corrected chi connectivity index (χ0v) is 8.89. The van der Waals surface area contributed by atoms with Crippen molar-refractivity contribution in [2.24, 2.45) is 5.73 Å². The molecule has 2 N–H and O–H groups in total. The Balaban J connectivity index is 3.32. The van der Waals surface area contributed by atoms with E-state index < -0.39 is 0 Å². The molecule has 0 aliphatic carbocycles. The lowest BCUT2D eigenvalue weighted by Crippen LogP contribution is -2.15. The average molecular weight is 214 g/mol. The Kier molecular flexibility index (Phi) is 3.49. The number of aryl methyl sites for hydroxylation is 1. The molecule has 0 unspecified atom stereocenters. The first-order valence-electron chi connectivity index (χ1n) is 4.17. The largest absolute Gasteiger partial charge is 0.496 e. The summed E-state index contributed by atoms with van der Waals surface area (Å²) < 4.78 is 5.07. The fourth-order valence-corrected chi connectivity index (χ4v) is 1.61. The van der Waals surface area contributed by atoms with Crippen LogP contribution in [0.2, 0.25) is 5.02 Å². The monoisotopic (exact) mass is 213 g/mol. The molecule has 0 bridgehead atoms. The van der Waals surface area contributed by atoms with Gasteiger partial charge < -0.3 is 10.5 Å². The summed E-state index contributed by atoms with van der Waals surface area (Å²) in [7, 11) is 1.50. The van der Waals surface area contributed by atoms with Crippen molar-refractivity contribution < 1.29 is 9.53 Å². The summed E-state index contributed by atoms with van der Waals surface area (Å²) in [4.78, 5) is 11.4. The highest BCUT2D eigenvalue weighted by Gasteiger charge is 2.15.